The van der Waals surface area contributed by atoms with Gasteiger partial charge >= 0.3 is 0 Å². The molecule has 2 saturated heterocycles. The van der Waals surface area contributed by atoms with E-state index < -0.39 is 0 Å². The molecule has 26 heavy (non-hydrogen) atoms. The summed E-state index contributed by atoms with van der Waals surface area (Å²) in [6.45, 7) is 4.89. The first kappa shape index (κ1) is 17.5. The summed E-state index contributed by atoms with van der Waals surface area (Å²) in [5.74, 6) is 2.06. The van der Waals surface area contributed by atoms with Crippen molar-refractivity contribution in [1.82, 2.24) is 15.5 Å². The highest BCUT2D eigenvalue weighted by molar-refractivity contribution is 5.79. The lowest BCUT2D eigenvalue weighted by Crippen LogP contribution is -2.45. The number of anilines is 2. The van der Waals surface area contributed by atoms with E-state index >= 15 is 0 Å². The van der Waals surface area contributed by atoms with Crippen LogP contribution in [0.15, 0.2) is 12.1 Å². The number of hydrogen-bond donors (Lipinski definition) is 1. The Kier molecular flexibility index (Phi) is 5.53. The van der Waals surface area contributed by atoms with Crippen LogP contribution in [0, 0.1) is 5.92 Å². The van der Waals surface area contributed by atoms with Gasteiger partial charge in [-0.1, -0.05) is 12.8 Å². The molecule has 0 bridgehead atoms. The van der Waals surface area contributed by atoms with E-state index in [0.717, 1.165) is 76.7 Å². The molecule has 1 aromatic rings. The van der Waals surface area contributed by atoms with Gasteiger partial charge in [-0.3, -0.25) is 4.79 Å². The molecular formula is C19H29N5O2. The molecule has 1 N–H and O–H groups in total. The van der Waals surface area contributed by atoms with E-state index in [1.165, 1.54) is 12.8 Å². The van der Waals surface area contributed by atoms with Gasteiger partial charge in [-0.15, -0.1) is 10.2 Å². The van der Waals surface area contributed by atoms with Crippen LogP contribution in [0.25, 0.3) is 0 Å². The highest BCUT2D eigenvalue weighted by Crippen LogP contribution is 2.24. The average molecular weight is 359 g/mol. The molecule has 4 rings (SSSR count). The number of nitrogens with one attached hydrogen (secondary N) is 1. The van der Waals surface area contributed by atoms with Crippen molar-refractivity contribution >= 4 is 17.5 Å². The fourth-order valence-electron chi connectivity index (χ4n) is 4.24. The maximum atomic E-state index is 12.6. The minimum atomic E-state index is 0.0602. The molecule has 3 fully saturated rings. The van der Waals surface area contributed by atoms with Crippen LogP contribution in [0.4, 0.5) is 11.6 Å². The van der Waals surface area contributed by atoms with Gasteiger partial charge in [-0.05, 0) is 37.8 Å². The zero-order chi connectivity index (χ0) is 17.8. The number of morpholine rings is 1. The first-order valence-electron chi connectivity index (χ1n) is 10.0. The predicted octanol–water partition coefficient (Wildman–Crippen LogP) is 1.59. The number of hydrogen-bond acceptors (Lipinski definition) is 6. The van der Waals surface area contributed by atoms with Gasteiger partial charge in [0, 0.05) is 32.2 Å². The molecule has 0 aromatic carbocycles. The third-order valence-corrected chi connectivity index (χ3v) is 5.79. The zero-order valence-corrected chi connectivity index (χ0v) is 15.4. The maximum absolute atomic E-state index is 12.6. The standard InChI is InChI=1S/C19H29N5O2/c25-19(20-16-5-1-2-6-16)15-4-3-9-24(14-15)18-8-7-17(21-22-18)23-10-12-26-13-11-23/h7-8,15-16H,1-6,9-14H2,(H,20,25). The Morgan fingerprint density at radius 2 is 1.65 bits per heavy atom. The first-order chi connectivity index (χ1) is 12.8. The van der Waals surface area contributed by atoms with E-state index in [2.05, 4.69) is 25.3 Å². The summed E-state index contributed by atoms with van der Waals surface area (Å²) in [4.78, 5) is 17.0. The molecule has 2 aliphatic heterocycles. The van der Waals surface area contributed by atoms with Gasteiger partial charge in [0.2, 0.25) is 5.91 Å². The number of rotatable bonds is 4. The highest BCUT2D eigenvalue weighted by atomic mass is 16.5. The third-order valence-electron chi connectivity index (χ3n) is 5.79. The Morgan fingerprint density at radius 1 is 0.962 bits per heavy atom. The number of piperidine rings is 1. The molecule has 3 aliphatic rings. The quantitative estimate of drug-likeness (QED) is 0.880. The summed E-state index contributed by atoms with van der Waals surface area (Å²) in [6.07, 6.45) is 6.75. The number of aromatic nitrogens is 2. The van der Waals surface area contributed by atoms with Crippen LogP contribution in [-0.2, 0) is 9.53 Å². The number of carbonyl (C=O) groups excluding carboxylic acids is 1. The van der Waals surface area contributed by atoms with Crippen LogP contribution in [0.3, 0.4) is 0 Å². The van der Waals surface area contributed by atoms with Gasteiger partial charge in [-0.25, -0.2) is 0 Å². The summed E-state index contributed by atoms with van der Waals surface area (Å²) in [6, 6.07) is 4.47. The SMILES string of the molecule is O=C(NC1CCCC1)C1CCCN(c2ccc(N3CCOCC3)nn2)C1. The van der Waals surface area contributed by atoms with E-state index in [-0.39, 0.29) is 11.8 Å². The molecule has 0 radical (unpaired) electrons. The molecule has 1 atom stereocenters. The number of amides is 1. The van der Waals surface area contributed by atoms with Gasteiger partial charge < -0.3 is 19.9 Å². The van der Waals surface area contributed by atoms with Crippen molar-refractivity contribution in [3.8, 4) is 0 Å². The van der Waals surface area contributed by atoms with Crippen molar-refractivity contribution in [2.75, 3.05) is 49.2 Å². The molecule has 1 unspecified atom stereocenters. The van der Waals surface area contributed by atoms with Crippen molar-refractivity contribution in [2.24, 2.45) is 5.92 Å². The second kappa shape index (κ2) is 8.20. The van der Waals surface area contributed by atoms with E-state index in [0.29, 0.717) is 6.04 Å². The van der Waals surface area contributed by atoms with Crippen molar-refractivity contribution in [3.05, 3.63) is 12.1 Å². The molecule has 1 amide bonds. The molecular weight excluding hydrogens is 330 g/mol. The van der Waals surface area contributed by atoms with Gasteiger partial charge in [0.1, 0.15) is 0 Å². The van der Waals surface area contributed by atoms with E-state index in [9.17, 15) is 4.79 Å². The Balaban J connectivity index is 1.35. The molecule has 0 spiro atoms. The van der Waals surface area contributed by atoms with Gasteiger partial charge in [0.25, 0.3) is 0 Å². The lowest BCUT2D eigenvalue weighted by molar-refractivity contribution is -0.125. The van der Waals surface area contributed by atoms with Crippen molar-refractivity contribution < 1.29 is 9.53 Å². The fourth-order valence-corrected chi connectivity index (χ4v) is 4.24. The van der Waals surface area contributed by atoms with Crippen LogP contribution in [0.2, 0.25) is 0 Å². The highest BCUT2D eigenvalue weighted by Gasteiger charge is 2.29. The van der Waals surface area contributed by atoms with Crippen LogP contribution >= 0.6 is 0 Å². The van der Waals surface area contributed by atoms with Crippen LogP contribution < -0.4 is 15.1 Å². The van der Waals surface area contributed by atoms with Gasteiger partial charge in [0.05, 0.1) is 19.1 Å². The van der Waals surface area contributed by atoms with E-state index in [1.807, 2.05) is 12.1 Å². The van der Waals surface area contributed by atoms with Crippen molar-refractivity contribution in [3.63, 3.8) is 0 Å². The molecule has 1 saturated carbocycles. The number of nitrogens with zero attached hydrogens (tertiary/aromatic N) is 4. The molecule has 7 heteroatoms. The minimum absolute atomic E-state index is 0.0602. The topological polar surface area (TPSA) is 70.6 Å². The predicted molar refractivity (Wildman–Crippen MR) is 100 cm³/mol. The maximum Gasteiger partial charge on any atom is 0.225 e. The summed E-state index contributed by atoms with van der Waals surface area (Å²) in [5.41, 5.74) is 0. The van der Waals surface area contributed by atoms with Gasteiger partial charge in [0.15, 0.2) is 11.6 Å². The molecule has 3 heterocycles. The Labute approximate surface area is 155 Å². The Morgan fingerprint density at radius 3 is 2.35 bits per heavy atom. The Hall–Kier alpha value is -1.89. The van der Waals surface area contributed by atoms with Gasteiger partial charge in [-0.2, -0.15) is 0 Å². The van der Waals surface area contributed by atoms with E-state index in [1.54, 1.807) is 0 Å². The molecule has 142 valence electrons. The average Bonchev–Trinajstić information content (AvgIpc) is 3.22. The molecule has 1 aromatic heterocycles. The van der Waals surface area contributed by atoms with Crippen molar-refractivity contribution in [1.29, 1.82) is 0 Å². The summed E-state index contributed by atoms with van der Waals surface area (Å²) in [7, 11) is 0. The summed E-state index contributed by atoms with van der Waals surface area (Å²) in [5, 5.41) is 12.1. The molecule has 1 aliphatic carbocycles. The van der Waals surface area contributed by atoms with E-state index in [4.69, 9.17) is 4.74 Å². The zero-order valence-electron chi connectivity index (χ0n) is 15.4. The van der Waals surface area contributed by atoms with Crippen LogP contribution in [0.5, 0.6) is 0 Å². The largest absolute Gasteiger partial charge is 0.378 e. The number of ether oxygens (including phenoxy) is 1. The second-order valence-electron chi connectivity index (χ2n) is 7.62. The summed E-state index contributed by atoms with van der Waals surface area (Å²) >= 11 is 0. The second-order valence-corrected chi connectivity index (χ2v) is 7.62. The summed E-state index contributed by atoms with van der Waals surface area (Å²) < 4.78 is 5.39. The fraction of sp³-hybridized carbons (Fsp3) is 0.737. The lowest BCUT2D eigenvalue weighted by Gasteiger charge is -2.33. The van der Waals surface area contributed by atoms with Crippen LogP contribution in [0.1, 0.15) is 38.5 Å². The number of carbonyl (C=O) groups is 1. The van der Waals surface area contributed by atoms with Crippen molar-refractivity contribution in [2.45, 2.75) is 44.6 Å². The Bertz CT molecular complexity index is 596. The normalized spacial score (nSPS) is 24.7. The van der Waals surface area contributed by atoms with Crippen LogP contribution in [-0.4, -0.2) is 61.5 Å². The molecule has 7 nitrogen and oxygen atoms in total. The smallest absolute Gasteiger partial charge is 0.225 e. The first-order valence-corrected chi connectivity index (χ1v) is 10.0. The monoisotopic (exact) mass is 359 g/mol. The lowest BCUT2D eigenvalue weighted by atomic mass is 9.96. The minimum Gasteiger partial charge on any atom is -0.378 e. The third kappa shape index (κ3) is 4.09.